The molecule has 78 valence electrons. The predicted octanol–water partition coefficient (Wildman–Crippen LogP) is 4.89. The zero-order chi connectivity index (χ0) is 10.9. The van der Waals surface area contributed by atoms with E-state index < -0.39 is 0 Å². The Labute approximate surface area is 105 Å². The number of rotatable bonds is 3. The lowest BCUT2D eigenvalue weighted by Crippen LogP contribution is -2.23. The van der Waals surface area contributed by atoms with Crippen LogP contribution in [0.4, 0.5) is 0 Å². The molecule has 0 aliphatic heterocycles. The number of carbonyl (C=O) groups excluding carboxylic acids is 1. The van der Waals surface area contributed by atoms with Gasteiger partial charge in [0.1, 0.15) is 0 Å². The molecule has 0 aliphatic carbocycles. The van der Waals surface area contributed by atoms with Gasteiger partial charge >= 0.3 is 0 Å². The van der Waals surface area contributed by atoms with Gasteiger partial charge in [-0.3, -0.25) is 4.79 Å². The Bertz CT molecular complexity index is 355. The van der Waals surface area contributed by atoms with Crippen molar-refractivity contribution in [2.45, 2.75) is 27.2 Å². The molecule has 0 aliphatic rings. The molecular formula is C10H12Br2OS. The average Bonchev–Trinajstić information content (AvgIpc) is 2.44. The van der Waals surface area contributed by atoms with Crippen molar-refractivity contribution >= 4 is 49.0 Å². The van der Waals surface area contributed by atoms with E-state index in [1.807, 2.05) is 26.8 Å². The lowest BCUT2D eigenvalue weighted by atomic mass is 9.83. The topological polar surface area (TPSA) is 17.1 Å². The van der Waals surface area contributed by atoms with Crippen LogP contribution in [0.3, 0.4) is 0 Å². The molecule has 1 aromatic heterocycles. The van der Waals surface area contributed by atoms with Crippen LogP contribution in [-0.4, -0.2) is 5.78 Å². The van der Waals surface area contributed by atoms with Gasteiger partial charge in [0, 0.05) is 11.0 Å². The summed E-state index contributed by atoms with van der Waals surface area (Å²) >= 11 is 8.32. The molecule has 1 rings (SSSR count). The summed E-state index contributed by atoms with van der Waals surface area (Å²) in [6.07, 6.45) is 0.853. The maximum Gasteiger partial charge on any atom is 0.170 e. The van der Waals surface area contributed by atoms with E-state index >= 15 is 0 Å². The van der Waals surface area contributed by atoms with Gasteiger partial charge in [-0.05, 0) is 44.3 Å². The lowest BCUT2D eigenvalue weighted by molar-refractivity contribution is 0.0833. The maximum absolute atomic E-state index is 12.1. The smallest absolute Gasteiger partial charge is 0.170 e. The molecule has 0 saturated heterocycles. The second kappa shape index (κ2) is 4.45. The summed E-state index contributed by atoms with van der Waals surface area (Å²) in [6, 6.07) is 1.88. The van der Waals surface area contributed by atoms with Gasteiger partial charge in [0.25, 0.3) is 0 Å². The fourth-order valence-electron chi connectivity index (χ4n) is 1.02. The monoisotopic (exact) mass is 338 g/mol. The summed E-state index contributed by atoms with van der Waals surface area (Å²) in [5.74, 6) is 0.203. The Morgan fingerprint density at radius 3 is 2.43 bits per heavy atom. The van der Waals surface area contributed by atoms with Gasteiger partial charge in [0.05, 0.1) is 7.57 Å². The Hall–Kier alpha value is 0.330. The van der Waals surface area contributed by atoms with Crippen molar-refractivity contribution in [2.75, 3.05) is 0 Å². The van der Waals surface area contributed by atoms with E-state index in [9.17, 15) is 4.79 Å². The Balaban J connectivity index is 3.06. The molecule has 0 radical (unpaired) electrons. The van der Waals surface area contributed by atoms with Gasteiger partial charge in [0.15, 0.2) is 5.78 Å². The van der Waals surface area contributed by atoms with E-state index in [-0.39, 0.29) is 11.2 Å². The Morgan fingerprint density at radius 1 is 1.50 bits per heavy atom. The maximum atomic E-state index is 12.1. The number of Topliss-reactive ketones (excluding diaryl/α,β-unsaturated/α-hetero) is 1. The van der Waals surface area contributed by atoms with Crippen molar-refractivity contribution in [1.82, 2.24) is 0 Å². The van der Waals surface area contributed by atoms with E-state index in [2.05, 4.69) is 31.9 Å². The third-order valence-electron chi connectivity index (χ3n) is 2.40. The van der Waals surface area contributed by atoms with Crippen LogP contribution < -0.4 is 0 Å². The lowest BCUT2D eigenvalue weighted by Gasteiger charge is -2.20. The fraction of sp³-hybridized carbons (Fsp3) is 0.500. The molecular weight excluding hydrogens is 328 g/mol. The number of thiophene rings is 1. The third-order valence-corrected chi connectivity index (χ3v) is 4.74. The van der Waals surface area contributed by atoms with E-state index in [1.165, 1.54) is 11.3 Å². The van der Waals surface area contributed by atoms with Gasteiger partial charge < -0.3 is 0 Å². The molecule has 0 amide bonds. The highest BCUT2D eigenvalue weighted by Crippen LogP contribution is 2.36. The quantitative estimate of drug-likeness (QED) is 0.716. The van der Waals surface area contributed by atoms with E-state index in [4.69, 9.17) is 0 Å². The molecule has 0 bridgehead atoms. The van der Waals surface area contributed by atoms with Crippen LogP contribution in [0.1, 0.15) is 37.6 Å². The van der Waals surface area contributed by atoms with Crippen LogP contribution in [-0.2, 0) is 0 Å². The van der Waals surface area contributed by atoms with Gasteiger partial charge in [-0.25, -0.2) is 0 Å². The standard InChI is InChI=1S/C10H12Br2OS/c1-4-10(2,3)8(13)6-5-7(11)14-9(6)12/h5H,4H2,1-3H3. The van der Waals surface area contributed by atoms with Crippen molar-refractivity contribution in [3.8, 4) is 0 Å². The van der Waals surface area contributed by atoms with Gasteiger partial charge in [-0.15, -0.1) is 11.3 Å². The normalized spacial score (nSPS) is 11.8. The van der Waals surface area contributed by atoms with E-state index in [1.54, 1.807) is 0 Å². The molecule has 0 saturated carbocycles. The van der Waals surface area contributed by atoms with Gasteiger partial charge in [-0.2, -0.15) is 0 Å². The molecule has 14 heavy (non-hydrogen) atoms. The zero-order valence-electron chi connectivity index (χ0n) is 8.36. The van der Waals surface area contributed by atoms with Gasteiger partial charge in [0.2, 0.25) is 0 Å². The van der Waals surface area contributed by atoms with E-state index in [0.717, 1.165) is 19.6 Å². The molecule has 0 fully saturated rings. The average molecular weight is 340 g/mol. The third kappa shape index (κ3) is 2.47. The molecule has 1 heterocycles. The molecule has 4 heteroatoms. The summed E-state index contributed by atoms with van der Waals surface area (Å²) in [5, 5.41) is 0. The number of hydrogen-bond donors (Lipinski definition) is 0. The first kappa shape index (κ1) is 12.4. The second-order valence-electron chi connectivity index (χ2n) is 3.80. The van der Waals surface area contributed by atoms with E-state index in [0.29, 0.717) is 0 Å². The van der Waals surface area contributed by atoms with Gasteiger partial charge in [-0.1, -0.05) is 20.8 Å². The second-order valence-corrected chi connectivity index (χ2v) is 7.55. The number of halogens is 2. The summed E-state index contributed by atoms with van der Waals surface area (Å²) in [4.78, 5) is 12.1. The summed E-state index contributed by atoms with van der Waals surface area (Å²) < 4.78 is 1.90. The molecule has 0 unspecified atom stereocenters. The molecule has 0 spiro atoms. The number of hydrogen-bond acceptors (Lipinski definition) is 2. The van der Waals surface area contributed by atoms with Crippen molar-refractivity contribution < 1.29 is 4.79 Å². The van der Waals surface area contributed by atoms with Crippen molar-refractivity contribution in [3.05, 3.63) is 19.2 Å². The van der Waals surface area contributed by atoms with Crippen molar-refractivity contribution in [3.63, 3.8) is 0 Å². The van der Waals surface area contributed by atoms with Crippen LogP contribution in [0.15, 0.2) is 13.6 Å². The zero-order valence-corrected chi connectivity index (χ0v) is 12.3. The minimum absolute atomic E-state index is 0.203. The molecule has 0 aromatic carbocycles. The van der Waals surface area contributed by atoms with Crippen molar-refractivity contribution in [2.24, 2.45) is 5.41 Å². The Kier molecular flexibility index (Phi) is 3.95. The number of carbonyl (C=O) groups is 1. The first-order valence-corrected chi connectivity index (χ1v) is 6.78. The summed E-state index contributed by atoms with van der Waals surface area (Å²) in [5.41, 5.74) is 0.511. The minimum atomic E-state index is -0.275. The molecule has 0 N–H and O–H groups in total. The SMILES string of the molecule is CCC(C)(C)C(=O)c1cc(Br)sc1Br. The highest BCUT2D eigenvalue weighted by Gasteiger charge is 2.28. The molecule has 0 atom stereocenters. The first-order chi connectivity index (χ1) is 6.38. The van der Waals surface area contributed by atoms with Crippen LogP contribution in [0.5, 0.6) is 0 Å². The Morgan fingerprint density at radius 2 is 2.07 bits per heavy atom. The van der Waals surface area contributed by atoms with Crippen LogP contribution in [0, 0.1) is 5.41 Å². The van der Waals surface area contributed by atoms with Crippen LogP contribution in [0.2, 0.25) is 0 Å². The highest BCUT2D eigenvalue weighted by molar-refractivity contribution is 9.12. The molecule has 1 nitrogen and oxygen atoms in total. The minimum Gasteiger partial charge on any atom is -0.294 e. The van der Waals surface area contributed by atoms with Crippen molar-refractivity contribution in [1.29, 1.82) is 0 Å². The van der Waals surface area contributed by atoms with Crippen LogP contribution >= 0.6 is 43.2 Å². The molecule has 1 aromatic rings. The highest BCUT2D eigenvalue weighted by atomic mass is 79.9. The summed E-state index contributed by atoms with van der Waals surface area (Å²) in [7, 11) is 0. The largest absolute Gasteiger partial charge is 0.294 e. The first-order valence-electron chi connectivity index (χ1n) is 4.38. The number of ketones is 1. The summed E-state index contributed by atoms with van der Waals surface area (Å²) in [6.45, 7) is 5.99. The predicted molar refractivity (Wildman–Crippen MR) is 68.1 cm³/mol. The van der Waals surface area contributed by atoms with Crippen LogP contribution in [0.25, 0.3) is 0 Å². The fourth-order valence-corrected chi connectivity index (χ4v) is 3.81.